The van der Waals surface area contributed by atoms with Gasteiger partial charge in [0.15, 0.2) is 0 Å². The summed E-state index contributed by atoms with van der Waals surface area (Å²) in [6, 6.07) is -0.592. The van der Waals surface area contributed by atoms with E-state index in [-0.39, 0.29) is 24.2 Å². The Hall–Kier alpha value is -1.63. The van der Waals surface area contributed by atoms with Gasteiger partial charge in [-0.25, -0.2) is 5.48 Å². The molecule has 1 aliphatic heterocycles. The first kappa shape index (κ1) is 24.4. The van der Waals surface area contributed by atoms with E-state index < -0.39 is 17.9 Å². The lowest BCUT2D eigenvalue weighted by Crippen LogP contribution is -2.53. The number of nitrogens with zero attached hydrogens (tertiary/aromatic N) is 1. The fourth-order valence-corrected chi connectivity index (χ4v) is 3.58. The van der Waals surface area contributed by atoms with Gasteiger partial charge in [0, 0.05) is 25.4 Å². The predicted octanol–water partition coefficient (Wildman–Crippen LogP) is 2.87. The Balaban J connectivity index is 2.82. The molecule has 0 bridgehead atoms. The molecular formula is C21H39N3O4. The van der Waals surface area contributed by atoms with Crippen molar-refractivity contribution in [1.82, 2.24) is 15.7 Å². The molecule has 0 aromatic carbocycles. The van der Waals surface area contributed by atoms with Crippen molar-refractivity contribution in [3.63, 3.8) is 0 Å². The average molecular weight is 398 g/mol. The molecule has 1 aliphatic rings. The molecule has 3 N–H and O–H groups in total. The first-order valence-corrected chi connectivity index (χ1v) is 10.8. The number of rotatable bonds is 9. The minimum Gasteiger partial charge on any atom is -0.344 e. The van der Waals surface area contributed by atoms with Gasteiger partial charge in [-0.15, -0.1) is 0 Å². The van der Waals surface area contributed by atoms with Crippen molar-refractivity contribution in [2.24, 2.45) is 17.8 Å². The maximum Gasteiger partial charge on any atom is 0.245 e. The van der Waals surface area contributed by atoms with Gasteiger partial charge in [-0.3, -0.25) is 19.6 Å². The molecule has 0 aromatic rings. The first-order chi connectivity index (χ1) is 13.3. The van der Waals surface area contributed by atoms with Gasteiger partial charge in [-0.1, -0.05) is 53.4 Å². The zero-order valence-electron chi connectivity index (χ0n) is 18.0. The SMILES string of the molecule is CC(C)CCC(CC(=O)NO)C(=O)NC(C(=O)N1CCCCCCC1)C(C)C. The first-order valence-electron chi connectivity index (χ1n) is 10.8. The Morgan fingerprint density at radius 2 is 1.50 bits per heavy atom. The number of likely N-dealkylation sites (tertiary alicyclic amines) is 1. The number of nitrogens with one attached hydrogen (secondary N) is 2. The van der Waals surface area contributed by atoms with Crippen LogP contribution in [0.2, 0.25) is 0 Å². The molecular weight excluding hydrogens is 358 g/mol. The second-order valence-electron chi connectivity index (χ2n) is 8.73. The summed E-state index contributed by atoms with van der Waals surface area (Å²) in [6.45, 7) is 9.45. The van der Waals surface area contributed by atoms with Crippen LogP contribution in [0.4, 0.5) is 0 Å². The van der Waals surface area contributed by atoms with E-state index in [0.717, 1.165) is 45.2 Å². The van der Waals surface area contributed by atoms with E-state index in [0.29, 0.717) is 12.3 Å². The highest BCUT2D eigenvalue weighted by Crippen LogP contribution is 2.18. The van der Waals surface area contributed by atoms with Crippen LogP contribution in [-0.4, -0.2) is 47.0 Å². The van der Waals surface area contributed by atoms with Crippen LogP contribution in [0.5, 0.6) is 0 Å². The van der Waals surface area contributed by atoms with Crippen molar-refractivity contribution < 1.29 is 19.6 Å². The molecule has 28 heavy (non-hydrogen) atoms. The van der Waals surface area contributed by atoms with E-state index in [1.165, 1.54) is 6.42 Å². The van der Waals surface area contributed by atoms with E-state index in [4.69, 9.17) is 5.21 Å². The topological polar surface area (TPSA) is 98.7 Å². The summed E-state index contributed by atoms with van der Waals surface area (Å²) in [5.41, 5.74) is 1.61. The van der Waals surface area contributed by atoms with Crippen molar-refractivity contribution in [3.8, 4) is 0 Å². The van der Waals surface area contributed by atoms with Gasteiger partial charge in [-0.2, -0.15) is 0 Å². The van der Waals surface area contributed by atoms with Crippen molar-refractivity contribution >= 4 is 17.7 Å². The molecule has 1 rings (SSSR count). The Bertz CT molecular complexity index is 500. The van der Waals surface area contributed by atoms with E-state index in [1.54, 1.807) is 5.48 Å². The molecule has 0 radical (unpaired) electrons. The smallest absolute Gasteiger partial charge is 0.245 e. The van der Waals surface area contributed by atoms with Crippen molar-refractivity contribution in [3.05, 3.63) is 0 Å². The second kappa shape index (κ2) is 12.8. The third-order valence-electron chi connectivity index (χ3n) is 5.42. The lowest BCUT2D eigenvalue weighted by atomic mass is 9.92. The number of hydrogen-bond donors (Lipinski definition) is 3. The van der Waals surface area contributed by atoms with Gasteiger partial charge in [-0.05, 0) is 31.1 Å². The molecule has 162 valence electrons. The van der Waals surface area contributed by atoms with Crippen LogP contribution in [0.25, 0.3) is 0 Å². The molecule has 2 unspecified atom stereocenters. The van der Waals surface area contributed by atoms with Crippen molar-refractivity contribution in [1.29, 1.82) is 0 Å². The molecule has 0 aromatic heterocycles. The number of amides is 3. The molecule has 1 heterocycles. The Morgan fingerprint density at radius 3 is 2.00 bits per heavy atom. The number of hydrogen-bond acceptors (Lipinski definition) is 4. The molecule has 7 heteroatoms. The highest BCUT2D eigenvalue weighted by Gasteiger charge is 2.31. The third-order valence-corrected chi connectivity index (χ3v) is 5.42. The summed E-state index contributed by atoms with van der Waals surface area (Å²) >= 11 is 0. The third kappa shape index (κ3) is 8.59. The van der Waals surface area contributed by atoms with Crippen LogP contribution < -0.4 is 10.8 Å². The molecule has 3 amide bonds. The fraction of sp³-hybridized carbons (Fsp3) is 0.857. The minimum atomic E-state index is -0.592. The van der Waals surface area contributed by atoms with Gasteiger partial charge < -0.3 is 10.2 Å². The summed E-state index contributed by atoms with van der Waals surface area (Å²) < 4.78 is 0. The summed E-state index contributed by atoms with van der Waals surface area (Å²) in [6.07, 6.45) is 6.74. The molecule has 7 nitrogen and oxygen atoms in total. The quantitative estimate of drug-likeness (QED) is 0.411. The van der Waals surface area contributed by atoms with Gasteiger partial charge in [0.2, 0.25) is 17.7 Å². The van der Waals surface area contributed by atoms with Crippen molar-refractivity contribution in [2.75, 3.05) is 13.1 Å². The standard InChI is InChI=1S/C21H39N3O4/c1-15(2)10-11-17(14-18(25)23-28)20(26)22-19(16(3)4)21(27)24-12-8-6-5-7-9-13-24/h15-17,19,28H,5-14H2,1-4H3,(H,22,26)(H,23,25). The largest absolute Gasteiger partial charge is 0.344 e. The maximum atomic E-state index is 13.1. The summed E-state index contributed by atoms with van der Waals surface area (Å²) in [7, 11) is 0. The number of carbonyl (C=O) groups is 3. The van der Waals surface area contributed by atoms with Crippen LogP contribution in [0.1, 0.15) is 79.1 Å². The normalized spacial score (nSPS) is 17.6. The highest BCUT2D eigenvalue weighted by atomic mass is 16.5. The maximum absolute atomic E-state index is 13.1. The molecule has 0 saturated carbocycles. The molecule has 1 fully saturated rings. The lowest BCUT2D eigenvalue weighted by molar-refractivity contribution is -0.140. The summed E-state index contributed by atoms with van der Waals surface area (Å²) in [5, 5.41) is 11.7. The zero-order chi connectivity index (χ0) is 21.1. The van der Waals surface area contributed by atoms with Crippen LogP contribution in [0.3, 0.4) is 0 Å². The summed E-state index contributed by atoms with van der Waals surface area (Å²) in [4.78, 5) is 39.5. The van der Waals surface area contributed by atoms with E-state index >= 15 is 0 Å². The fourth-order valence-electron chi connectivity index (χ4n) is 3.58. The van der Waals surface area contributed by atoms with Gasteiger partial charge >= 0.3 is 0 Å². The minimum absolute atomic E-state index is 0.0283. The number of carbonyl (C=O) groups excluding carboxylic acids is 3. The van der Waals surface area contributed by atoms with Gasteiger partial charge in [0.05, 0.1) is 0 Å². The average Bonchev–Trinajstić information content (AvgIpc) is 2.61. The monoisotopic (exact) mass is 397 g/mol. The summed E-state index contributed by atoms with van der Waals surface area (Å²) in [5.74, 6) is -1.10. The zero-order valence-corrected chi connectivity index (χ0v) is 18.0. The Morgan fingerprint density at radius 1 is 0.929 bits per heavy atom. The highest BCUT2D eigenvalue weighted by molar-refractivity contribution is 5.90. The van der Waals surface area contributed by atoms with Crippen LogP contribution in [0.15, 0.2) is 0 Å². The van der Waals surface area contributed by atoms with Crippen LogP contribution >= 0.6 is 0 Å². The lowest BCUT2D eigenvalue weighted by Gasteiger charge is -2.32. The van der Waals surface area contributed by atoms with E-state index in [1.807, 2.05) is 18.7 Å². The molecule has 0 spiro atoms. The van der Waals surface area contributed by atoms with Gasteiger partial charge in [0.1, 0.15) is 6.04 Å². The van der Waals surface area contributed by atoms with Crippen LogP contribution in [0, 0.1) is 17.8 Å². The van der Waals surface area contributed by atoms with E-state index in [2.05, 4.69) is 19.2 Å². The van der Waals surface area contributed by atoms with Crippen LogP contribution in [-0.2, 0) is 14.4 Å². The van der Waals surface area contributed by atoms with E-state index in [9.17, 15) is 14.4 Å². The Labute approximate surface area is 169 Å². The number of hydroxylamine groups is 1. The predicted molar refractivity (Wildman–Crippen MR) is 109 cm³/mol. The molecule has 0 aliphatic carbocycles. The van der Waals surface area contributed by atoms with Crippen molar-refractivity contribution in [2.45, 2.75) is 85.1 Å². The van der Waals surface area contributed by atoms with Gasteiger partial charge in [0.25, 0.3) is 0 Å². The molecule has 1 saturated heterocycles. The second-order valence-corrected chi connectivity index (χ2v) is 8.73. The molecule has 2 atom stereocenters. The Kier molecular flexibility index (Phi) is 11.1.